The summed E-state index contributed by atoms with van der Waals surface area (Å²) in [5.41, 5.74) is 5.20. The Morgan fingerprint density at radius 3 is 2.42 bits per heavy atom. The van der Waals surface area contributed by atoms with E-state index in [4.69, 9.17) is 26.4 Å². The van der Waals surface area contributed by atoms with Crippen molar-refractivity contribution in [3.05, 3.63) is 57.0 Å². The van der Waals surface area contributed by atoms with Gasteiger partial charge < -0.3 is 14.2 Å². The van der Waals surface area contributed by atoms with E-state index in [0.717, 1.165) is 4.47 Å². The van der Waals surface area contributed by atoms with Crippen LogP contribution in [0.3, 0.4) is 0 Å². The number of hydrogen-bond donors (Lipinski definition) is 3. The lowest BCUT2D eigenvalue weighted by atomic mass is 10.2. The van der Waals surface area contributed by atoms with Crippen LogP contribution in [0.2, 0.25) is 0 Å². The fourth-order valence-corrected chi connectivity index (χ4v) is 3.48. The van der Waals surface area contributed by atoms with Crippen molar-refractivity contribution >= 4 is 61.0 Å². The van der Waals surface area contributed by atoms with Gasteiger partial charge in [-0.15, -0.1) is 0 Å². The molecule has 11 heteroatoms. The number of hydrogen-bond acceptors (Lipinski definition) is 6. The third kappa shape index (κ3) is 9.21. The molecule has 166 valence electrons. The number of thiocarbonyl (C=S) groups is 1. The fraction of sp³-hybridized carbons (Fsp3) is 0.250. The minimum atomic E-state index is -0.472. The largest absolute Gasteiger partial charge is 0.491 e. The third-order valence-corrected chi connectivity index (χ3v) is 4.93. The second-order valence-corrected chi connectivity index (χ2v) is 8.07. The molecule has 2 rings (SSSR count). The van der Waals surface area contributed by atoms with E-state index in [0.29, 0.717) is 41.4 Å². The Balaban J connectivity index is 1.71. The van der Waals surface area contributed by atoms with E-state index < -0.39 is 11.8 Å². The van der Waals surface area contributed by atoms with Gasteiger partial charge in [0.05, 0.1) is 11.1 Å². The smallest absolute Gasteiger partial charge is 0.276 e. The Morgan fingerprint density at radius 2 is 1.74 bits per heavy atom. The zero-order valence-corrected chi connectivity index (χ0v) is 20.6. The fourth-order valence-electron chi connectivity index (χ4n) is 2.17. The maximum atomic E-state index is 12.2. The standard InChI is InChI=1S/C20H21Br2N3O5S/c1-2-28-9-10-29-15-6-3-13(4-7-15)19(27)23-20(31)25-24-18(26)12-30-17-8-5-14(21)11-16(17)22/h3-8,11H,2,9-10,12H2,1H3,(H,24,26)(H2,23,25,27,31). The van der Waals surface area contributed by atoms with Crippen LogP contribution in [0.4, 0.5) is 0 Å². The minimum Gasteiger partial charge on any atom is -0.491 e. The second-order valence-electron chi connectivity index (χ2n) is 5.89. The van der Waals surface area contributed by atoms with Gasteiger partial charge in [0.25, 0.3) is 11.8 Å². The number of carbonyl (C=O) groups is 2. The molecule has 0 aliphatic rings. The van der Waals surface area contributed by atoms with Gasteiger partial charge in [0.15, 0.2) is 11.7 Å². The molecule has 3 N–H and O–H groups in total. The van der Waals surface area contributed by atoms with Crippen molar-refractivity contribution in [2.24, 2.45) is 0 Å². The van der Waals surface area contributed by atoms with E-state index in [1.165, 1.54) is 0 Å². The van der Waals surface area contributed by atoms with Gasteiger partial charge in [-0.3, -0.25) is 25.8 Å². The molecule has 0 radical (unpaired) electrons. The van der Waals surface area contributed by atoms with Crippen molar-refractivity contribution in [2.75, 3.05) is 26.4 Å². The monoisotopic (exact) mass is 573 g/mol. The van der Waals surface area contributed by atoms with Crippen LogP contribution in [0, 0.1) is 0 Å². The molecule has 0 heterocycles. The Hall–Kier alpha value is -2.21. The van der Waals surface area contributed by atoms with Crippen molar-refractivity contribution in [3.8, 4) is 11.5 Å². The number of carbonyl (C=O) groups excluding carboxylic acids is 2. The Labute approximate surface area is 202 Å². The summed E-state index contributed by atoms with van der Waals surface area (Å²) in [6.45, 7) is 3.22. The Bertz CT molecular complexity index is 912. The topological polar surface area (TPSA) is 97.9 Å². The Kier molecular flexibility index (Phi) is 10.7. The maximum Gasteiger partial charge on any atom is 0.276 e. The average Bonchev–Trinajstić information content (AvgIpc) is 2.75. The number of benzene rings is 2. The highest BCUT2D eigenvalue weighted by Gasteiger charge is 2.10. The van der Waals surface area contributed by atoms with E-state index in [1.54, 1.807) is 42.5 Å². The van der Waals surface area contributed by atoms with Crippen LogP contribution in [0.15, 0.2) is 51.4 Å². The van der Waals surface area contributed by atoms with E-state index in [1.807, 2.05) is 6.92 Å². The first-order valence-electron chi connectivity index (χ1n) is 9.17. The molecule has 8 nitrogen and oxygen atoms in total. The molecule has 0 saturated carbocycles. The second kappa shape index (κ2) is 13.3. The molecular weight excluding hydrogens is 554 g/mol. The molecule has 0 aliphatic carbocycles. The third-order valence-electron chi connectivity index (χ3n) is 3.61. The molecule has 0 atom stereocenters. The zero-order chi connectivity index (χ0) is 22.6. The number of halogens is 2. The van der Waals surface area contributed by atoms with Gasteiger partial charge in [0, 0.05) is 16.6 Å². The van der Waals surface area contributed by atoms with Crippen molar-refractivity contribution in [1.82, 2.24) is 16.2 Å². The predicted octanol–water partition coefficient (Wildman–Crippen LogP) is 3.34. The van der Waals surface area contributed by atoms with E-state index >= 15 is 0 Å². The Morgan fingerprint density at radius 1 is 1.00 bits per heavy atom. The predicted molar refractivity (Wildman–Crippen MR) is 127 cm³/mol. The van der Waals surface area contributed by atoms with E-state index in [2.05, 4.69) is 48.0 Å². The highest BCUT2D eigenvalue weighted by atomic mass is 79.9. The van der Waals surface area contributed by atoms with Gasteiger partial charge in [-0.25, -0.2) is 0 Å². The molecule has 2 aromatic rings. The first-order chi connectivity index (χ1) is 14.9. The molecule has 0 saturated heterocycles. The van der Waals surface area contributed by atoms with Gasteiger partial charge >= 0.3 is 0 Å². The summed E-state index contributed by atoms with van der Waals surface area (Å²) in [5, 5.41) is 2.42. The summed E-state index contributed by atoms with van der Waals surface area (Å²) in [6.07, 6.45) is 0. The number of hydrazine groups is 1. The average molecular weight is 575 g/mol. The number of ether oxygens (including phenoxy) is 3. The van der Waals surface area contributed by atoms with Crippen LogP contribution in [0.1, 0.15) is 17.3 Å². The van der Waals surface area contributed by atoms with Gasteiger partial charge in [-0.2, -0.15) is 0 Å². The quantitative estimate of drug-likeness (QED) is 0.240. The normalized spacial score (nSPS) is 10.2. The SMILES string of the molecule is CCOCCOc1ccc(C(=O)NC(=S)NNC(=O)COc2ccc(Br)cc2Br)cc1. The number of rotatable bonds is 9. The van der Waals surface area contributed by atoms with Crippen LogP contribution in [-0.4, -0.2) is 43.4 Å². The molecule has 2 amide bonds. The molecule has 0 aliphatic heterocycles. The molecule has 2 aromatic carbocycles. The van der Waals surface area contributed by atoms with Gasteiger partial charge in [-0.05, 0) is 77.5 Å². The molecule has 0 bridgehead atoms. The lowest BCUT2D eigenvalue weighted by Gasteiger charge is -2.12. The van der Waals surface area contributed by atoms with E-state index in [-0.39, 0.29) is 11.7 Å². The summed E-state index contributed by atoms with van der Waals surface area (Å²) >= 11 is 11.7. The summed E-state index contributed by atoms with van der Waals surface area (Å²) < 4.78 is 17.7. The zero-order valence-electron chi connectivity index (χ0n) is 16.6. The summed E-state index contributed by atoms with van der Waals surface area (Å²) in [5.74, 6) is 0.240. The minimum absolute atomic E-state index is 0.0554. The summed E-state index contributed by atoms with van der Waals surface area (Å²) in [7, 11) is 0. The van der Waals surface area contributed by atoms with Crippen molar-refractivity contribution in [3.63, 3.8) is 0 Å². The van der Waals surface area contributed by atoms with Crippen molar-refractivity contribution < 1.29 is 23.8 Å². The number of amides is 2. The van der Waals surface area contributed by atoms with Crippen LogP contribution in [0.5, 0.6) is 11.5 Å². The molecular formula is C20H21Br2N3O5S. The van der Waals surface area contributed by atoms with Crippen molar-refractivity contribution in [1.29, 1.82) is 0 Å². The van der Waals surface area contributed by atoms with E-state index in [9.17, 15) is 9.59 Å². The van der Waals surface area contributed by atoms with Crippen LogP contribution in [-0.2, 0) is 9.53 Å². The van der Waals surface area contributed by atoms with Crippen LogP contribution >= 0.6 is 44.1 Å². The van der Waals surface area contributed by atoms with Gasteiger partial charge in [0.2, 0.25) is 0 Å². The highest BCUT2D eigenvalue weighted by Crippen LogP contribution is 2.28. The summed E-state index contributed by atoms with van der Waals surface area (Å²) in [6, 6.07) is 11.9. The molecule has 0 fully saturated rings. The van der Waals surface area contributed by atoms with Gasteiger partial charge in [0.1, 0.15) is 18.1 Å². The maximum absolute atomic E-state index is 12.2. The lowest BCUT2D eigenvalue weighted by Crippen LogP contribution is -2.49. The lowest BCUT2D eigenvalue weighted by molar-refractivity contribution is -0.123. The number of nitrogens with one attached hydrogen (secondary N) is 3. The molecule has 31 heavy (non-hydrogen) atoms. The van der Waals surface area contributed by atoms with Gasteiger partial charge in [-0.1, -0.05) is 15.9 Å². The summed E-state index contributed by atoms with van der Waals surface area (Å²) in [4.78, 5) is 24.1. The first kappa shape index (κ1) is 25.1. The van der Waals surface area contributed by atoms with Crippen molar-refractivity contribution in [2.45, 2.75) is 6.92 Å². The molecule has 0 aromatic heterocycles. The first-order valence-corrected chi connectivity index (χ1v) is 11.2. The molecule has 0 unspecified atom stereocenters. The van der Waals surface area contributed by atoms with Crippen LogP contribution in [0.25, 0.3) is 0 Å². The highest BCUT2D eigenvalue weighted by molar-refractivity contribution is 9.11. The van der Waals surface area contributed by atoms with Crippen LogP contribution < -0.4 is 25.6 Å². The molecule has 0 spiro atoms.